The molecule has 3 rings (SSSR count). The molecular weight excluding hydrogens is 370 g/mol. The maximum absolute atomic E-state index is 5.75. The lowest BCUT2D eigenvalue weighted by Gasteiger charge is -2.04. The Kier molecular flexibility index (Phi) is 4.32. The van der Waals surface area contributed by atoms with E-state index in [1.165, 1.54) is 4.90 Å². The number of nitrogen functional groups attached to an aromatic ring is 1. The first kappa shape index (κ1) is 14.6. The fraction of sp³-hybridized carbons (Fsp3) is 0.143. The van der Waals surface area contributed by atoms with Gasteiger partial charge in [-0.25, -0.2) is 0 Å². The fourth-order valence-corrected chi connectivity index (χ4v) is 3.97. The van der Waals surface area contributed by atoms with E-state index in [-0.39, 0.29) is 0 Å². The molecule has 2 heterocycles. The molecule has 0 saturated carbocycles. The van der Waals surface area contributed by atoms with Crippen molar-refractivity contribution in [2.75, 3.05) is 5.73 Å². The van der Waals surface area contributed by atoms with Crippen molar-refractivity contribution in [1.29, 1.82) is 0 Å². The second kappa shape index (κ2) is 6.21. The molecule has 0 aliphatic rings. The molecule has 0 atom stereocenters. The van der Waals surface area contributed by atoms with E-state index in [0.717, 1.165) is 19.9 Å². The minimum absolute atomic E-state index is 0.565. The highest BCUT2D eigenvalue weighted by Gasteiger charge is 2.11. The van der Waals surface area contributed by atoms with Crippen LogP contribution in [-0.4, -0.2) is 10.2 Å². The number of thiophene rings is 1. The predicted molar refractivity (Wildman–Crippen MR) is 90.5 cm³/mol. The van der Waals surface area contributed by atoms with E-state index in [9.17, 15) is 0 Å². The van der Waals surface area contributed by atoms with Gasteiger partial charge in [0.15, 0.2) is 0 Å². The van der Waals surface area contributed by atoms with Crippen LogP contribution in [0.2, 0.25) is 0 Å². The number of aryl methyl sites for hydroxylation is 1. The van der Waals surface area contributed by atoms with Crippen LogP contribution in [0.25, 0.3) is 10.8 Å². The Morgan fingerprint density at radius 3 is 2.86 bits per heavy atom. The van der Waals surface area contributed by atoms with E-state index in [0.29, 0.717) is 17.5 Å². The molecule has 0 aliphatic carbocycles. The van der Waals surface area contributed by atoms with Gasteiger partial charge in [0, 0.05) is 10.6 Å². The Hall–Kier alpha value is -1.31. The van der Waals surface area contributed by atoms with Crippen LogP contribution in [0, 0.1) is 6.92 Å². The average molecular weight is 382 g/mol. The number of rotatable bonds is 4. The third-order valence-corrected chi connectivity index (χ3v) is 5.57. The van der Waals surface area contributed by atoms with Gasteiger partial charge in [0.05, 0.1) is 14.4 Å². The Balaban J connectivity index is 1.70. The molecule has 0 radical (unpaired) electrons. The van der Waals surface area contributed by atoms with Gasteiger partial charge in [-0.15, -0.1) is 33.3 Å². The summed E-state index contributed by atoms with van der Waals surface area (Å²) in [5.41, 5.74) is 7.68. The summed E-state index contributed by atoms with van der Waals surface area (Å²) >= 11 is 6.66. The lowest BCUT2D eigenvalue weighted by atomic mass is 10.2. The van der Waals surface area contributed by atoms with Crippen molar-refractivity contribution >= 4 is 44.7 Å². The first-order valence-electron chi connectivity index (χ1n) is 6.19. The fourth-order valence-electron chi connectivity index (χ4n) is 1.81. The lowest BCUT2D eigenvalue weighted by Crippen LogP contribution is -1.88. The molecule has 1 aromatic carbocycles. The second-order valence-electron chi connectivity index (χ2n) is 4.42. The molecule has 0 amide bonds. The van der Waals surface area contributed by atoms with Crippen molar-refractivity contribution in [3.8, 4) is 10.8 Å². The summed E-state index contributed by atoms with van der Waals surface area (Å²) in [7, 11) is 0. The zero-order valence-corrected chi connectivity index (χ0v) is 14.4. The van der Waals surface area contributed by atoms with Crippen LogP contribution < -0.4 is 5.73 Å². The summed E-state index contributed by atoms with van der Waals surface area (Å²) < 4.78 is 6.74. The highest BCUT2D eigenvalue weighted by molar-refractivity contribution is 9.11. The standard InChI is InChI=1S/C14H12BrN3OS2/c1-8-6-9(16)2-3-10(8)20-7-13-17-18-14(19-13)11-4-5-12(15)21-11/h2-6H,7,16H2,1H3. The Labute approximate surface area is 138 Å². The summed E-state index contributed by atoms with van der Waals surface area (Å²) in [4.78, 5) is 2.14. The Bertz CT molecular complexity index is 769. The molecule has 2 N–H and O–H groups in total. The van der Waals surface area contributed by atoms with Gasteiger partial charge in [-0.05, 0) is 58.7 Å². The minimum atomic E-state index is 0.565. The van der Waals surface area contributed by atoms with E-state index in [1.807, 2.05) is 37.3 Å². The number of hydrogen-bond donors (Lipinski definition) is 1. The molecule has 0 unspecified atom stereocenters. The average Bonchev–Trinajstić information content (AvgIpc) is 3.06. The number of nitrogens with two attached hydrogens (primary N) is 1. The summed E-state index contributed by atoms with van der Waals surface area (Å²) in [6.45, 7) is 2.04. The number of hydrogen-bond acceptors (Lipinski definition) is 6. The normalized spacial score (nSPS) is 11.0. The van der Waals surface area contributed by atoms with Crippen LogP contribution in [0.5, 0.6) is 0 Å². The predicted octanol–water partition coefficient (Wildman–Crippen LogP) is 4.74. The molecule has 0 bridgehead atoms. The minimum Gasteiger partial charge on any atom is -0.419 e. The first-order chi connectivity index (χ1) is 10.1. The third-order valence-electron chi connectivity index (χ3n) is 2.80. The van der Waals surface area contributed by atoms with E-state index in [1.54, 1.807) is 23.1 Å². The van der Waals surface area contributed by atoms with Crippen LogP contribution in [0.4, 0.5) is 5.69 Å². The van der Waals surface area contributed by atoms with Gasteiger partial charge in [-0.2, -0.15) is 0 Å². The summed E-state index contributed by atoms with van der Waals surface area (Å²) in [5, 5.41) is 8.18. The number of halogens is 1. The van der Waals surface area contributed by atoms with Gasteiger partial charge in [0.2, 0.25) is 5.89 Å². The van der Waals surface area contributed by atoms with Gasteiger partial charge in [-0.1, -0.05) is 0 Å². The number of benzene rings is 1. The number of aromatic nitrogens is 2. The topological polar surface area (TPSA) is 64.9 Å². The number of nitrogens with zero attached hydrogens (tertiary/aromatic N) is 2. The molecule has 21 heavy (non-hydrogen) atoms. The van der Waals surface area contributed by atoms with Gasteiger partial charge in [0.25, 0.3) is 5.89 Å². The Morgan fingerprint density at radius 2 is 2.14 bits per heavy atom. The number of thioether (sulfide) groups is 1. The van der Waals surface area contributed by atoms with E-state index in [2.05, 4.69) is 26.1 Å². The molecule has 4 nitrogen and oxygen atoms in total. The van der Waals surface area contributed by atoms with Crippen LogP contribution >= 0.6 is 39.0 Å². The smallest absolute Gasteiger partial charge is 0.257 e. The van der Waals surface area contributed by atoms with Gasteiger partial charge in [-0.3, -0.25) is 0 Å². The maximum atomic E-state index is 5.75. The third kappa shape index (κ3) is 3.48. The van der Waals surface area contributed by atoms with Gasteiger partial charge in [0.1, 0.15) is 0 Å². The van der Waals surface area contributed by atoms with Crippen LogP contribution in [0.15, 0.2) is 43.4 Å². The van der Waals surface area contributed by atoms with Crippen LogP contribution in [-0.2, 0) is 5.75 Å². The first-order valence-corrected chi connectivity index (χ1v) is 8.78. The van der Waals surface area contributed by atoms with Crippen LogP contribution in [0.1, 0.15) is 11.5 Å². The molecule has 108 valence electrons. The zero-order valence-electron chi connectivity index (χ0n) is 11.2. The Morgan fingerprint density at radius 1 is 1.29 bits per heavy atom. The monoisotopic (exact) mass is 381 g/mol. The van der Waals surface area contributed by atoms with Crippen molar-refractivity contribution in [2.24, 2.45) is 0 Å². The second-order valence-corrected chi connectivity index (χ2v) is 7.90. The van der Waals surface area contributed by atoms with Crippen molar-refractivity contribution < 1.29 is 4.42 Å². The molecule has 3 aromatic rings. The van der Waals surface area contributed by atoms with Crippen molar-refractivity contribution in [3.05, 3.63) is 45.6 Å². The summed E-state index contributed by atoms with van der Waals surface area (Å²) in [5.74, 6) is 1.83. The van der Waals surface area contributed by atoms with E-state index >= 15 is 0 Å². The zero-order chi connectivity index (χ0) is 14.8. The molecule has 0 aliphatic heterocycles. The maximum Gasteiger partial charge on any atom is 0.257 e. The van der Waals surface area contributed by atoms with E-state index < -0.39 is 0 Å². The van der Waals surface area contributed by atoms with Crippen LogP contribution in [0.3, 0.4) is 0 Å². The highest BCUT2D eigenvalue weighted by atomic mass is 79.9. The molecule has 0 fully saturated rings. The summed E-state index contributed by atoms with van der Waals surface area (Å²) in [6.07, 6.45) is 0. The lowest BCUT2D eigenvalue weighted by molar-refractivity contribution is 0.529. The quantitative estimate of drug-likeness (QED) is 0.521. The van der Waals surface area contributed by atoms with Crippen molar-refractivity contribution in [1.82, 2.24) is 10.2 Å². The SMILES string of the molecule is Cc1cc(N)ccc1SCc1nnc(-c2ccc(Br)s2)o1. The van der Waals surface area contributed by atoms with E-state index in [4.69, 9.17) is 10.2 Å². The summed E-state index contributed by atoms with van der Waals surface area (Å²) in [6, 6.07) is 9.81. The van der Waals surface area contributed by atoms with Gasteiger partial charge < -0.3 is 10.2 Å². The highest BCUT2D eigenvalue weighted by Crippen LogP contribution is 2.32. The molecule has 7 heteroatoms. The largest absolute Gasteiger partial charge is 0.419 e. The molecular formula is C14H12BrN3OS2. The van der Waals surface area contributed by atoms with Gasteiger partial charge >= 0.3 is 0 Å². The number of anilines is 1. The molecule has 2 aromatic heterocycles. The molecule has 0 spiro atoms. The van der Waals surface area contributed by atoms with Crippen molar-refractivity contribution in [3.63, 3.8) is 0 Å². The molecule has 0 saturated heterocycles. The van der Waals surface area contributed by atoms with Crippen molar-refractivity contribution in [2.45, 2.75) is 17.6 Å².